The van der Waals surface area contributed by atoms with E-state index in [9.17, 15) is 4.79 Å². The number of nitrogens with zero attached hydrogens (tertiary/aromatic N) is 2. The highest BCUT2D eigenvalue weighted by atomic mass is 16.5. The molecule has 20 heavy (non-hydrogen) atoms. The van der Waals surface area contributed by atoms with E-state index >= 15 is 0 Å². The van der Waals surface area contributed by atoms with Crippen molar-refractivity contribution in [2.24, 2.45) is 5.10 Å². The molecule has 0 spiro atoms. The molecular formula is C13H19N3O4. The SMILES string of the molecule is COc1cc(C(=O)N/N=C/N(C)C)cc(OC)c1OC. The van der Waals surface area contributed by atoms with Gasteiger partial charge in [-0.3, -0.25) is 4.79 Å². The minimum absolute atomic E-state index is 0.357. The Kier molecular flexibility index (Phi) is 5.64. The van der Waals surface area contributed by atoms with Gasteiger partial charge in [0.25, 0.3) is 5.91 Å². The number of hydrogen-bond acceptors (Lipinski definition) is 5. The van der Waals surface area contributed by atoms with E-state index < -0.39 is 0 Å². The second-order valence-corrected chi connectivity index (χ2v) is 4.06. The first kappa shape index (κ1) is 15.6. The van der Waals surface area contributed by atoms with Crippen LogP contribution in [-0.2, 0) is 0 Å². The molecule has 0 radical (unpaired) electrons. The van der Waals surface area contributed by atoms with E-state index in [-0.39, 0.29) is 5.91 Å². The number of hydrazone groups is 1. The zero-order valence-corrected chi connectivity index (χ0v) is 12.3. The third-order valence-electron chi connectivity index (χ3n) is 2.38. The van der Waals surface area contributed by atoms with Crippen molar-refractivity contribution in [2.45, 2.75) is 0 Å². The molecule has 1 aromatic carbocycles. The van der Waals surface area contributed by atoms with Crippen molar-refractivity contribution in [3.63, 3.8) is 0 Å². The first-order chi connectivity index (χ1) is 9.53. The van der Waals surface area contributed by atoms with Gasteiger partial charge in [-0.05, 0) is 12.1 Å². The van der Waals surface area contributed by atoms with Crippen molar-refractivity contribution in [1.82, 2.24) is 10.3 Å². The second-order valence-electron chi connectivity index (χ2n) is 4.06. The summed E-state index contributed by atoms with van der Waals surface area (Å²) in [6.45, 7) is 0. The van der Waals surface area contributed by atoms with Gasteiger partial charge in [0, 0.05) is 19.7 Å². The molecule has 1 N–H and O–H groups in total. The molecule has 0 bridgehead atoms. The van der Waals surface area contributed by atoms with Crippen molar-refractivity contribution in [2.75, 3.05) is 35.4 Å². The van der Waals surface area contributed by atoms with Crippen LogP contribution in [0.4, 0.5) is 0 Å². The molecule has 0 unspecified atom stereocenters. The second kappa shape index (κ2) is 7.22. The molecule has 0 aliphatic carbocycles. The summed E-state index contributed by atoms with van der Waals surface area (Å²) in [4.78, 5) is 13.7. The van der Waals surface area contributed by atoms with Gasteiger partial charge in [0.15, 0.2) is 11.5 Å². The van der Waals surface area contributed by atoms with Crippen molar-refractivity contribution >= 4 is 12.2 Å². The van der Waals surface area contributed by atoms with E-state index in [2.05, 4.69) is 10.5 Å². The smallest absolute Gasteiger partial charge is 0.271 e. The number of rotatable bonds is 6. The summed E-state index contributed by atoms with van der Waals surface area (Å²) >= 11 is 0. The molecule has 7 heteroatoms. The van der Waals surface area contributed by atoms with Crippen molar-refractivity contribution in [1.29, 1.82) is 0 Å². The summed E-state index contributed by atoms with van der Waals surface area (Å²) in [5, 5.41) is 3.79. The van der Waals surface area contributed by atoms with Crippen LogP contribution in [0.2, 0.25) is 0 Å². The fourth-order valence-corrected chi connectivity index (χ4v) is 1.48. The maximum Gasteiger partial charge on any atom is 0.271 e. The van der Waals surface area contributed by atoms with Gasteiger partial charge in [-0.15, -0.1) is 0 Å². The van der Waals surface area contributed by atoms with Gasteiger partial charge in [0.1, 0.15) is 6.34 Å². The van der Waals surface area contributed by atoms with Gasteiger partial charge < -0.3 is 19.1 Å². The van der Waals surface area contributed by atoms with Gasteiger partial charge in [-0.1, -0.05) is 0 Å². The van der Waals surface area contributed by atoms with Crippen LogP contribution >= 0.6 is 0 Å². The van der Waals surface area contributed by atoms with E-state index in [1.165, 1.54) is 27.7 Å². The third kappa shape index (κ3) is 3.78. The molecule has 0 aromatic heterocycles. The predicted molar refractivity (Wildman–Crippen MR) is 75.7 cm³/mol. The summed E-state index contributed by atoms with van der Waals surface area (Å²) in [5.41, 5.74) is 2.76. The average molecular weight is 281 g/mol. The highest BCUT2D eigenvalue weighted by Gasteiger charge is 2.16. The summed E-state index contributed by atoms with van der Waals surface area (Å²) in [7, 11) is 8.08. The Balaban J connectivity index is 3.03. The van der Waals surface area contributed by atoms with Crippen LogP contribution in [0.3, 0.4) is 0 Å². The molecule has 0 aliphatic heterocycles. The average Bonchev–Trinajstić information content (AvgIpc) is 2.44. The van der Waals surface area contributed by atoms with Crippen molar-refractivity contribution < 1.29 is 19.0 Å². The van der Waals surface area contributed by atoms with Crippen molar-refractivity contribution in [3.8, 4) is 17.2 Å². The maximum atomic E-state index is 12.0. The van der Waals surface area contributed by atoms with E-state index in [1.54, 1.807) is 31.1 Å². The lowest BCUT2D eigenvalue weighted by Gasteiger charge is -2.13. The number of hydrogen-bond donors (Lipinski definition) is 1. The van der Waals surface area contributed by atoms with Crippen LogP contribution in [0, 0.1) is 0 Å². The van der Waals surface area contributed by atoms with Gasteiger partial charge in [-0.2, -0.15) is 5.10 Å². The number of methoxy groups -OCH3 is 3. The molecule has 7 nitrogen and oxygen atoms in total. The number of benzene rings is 1. The molecule has 1 amide bonds. The summed E-state index contributed by atoms with van der Waals surface area (Å²) in [5.74, 6) is 0.882. The van der Waals surface area contributed by atoms with Gasteiger partial charge in [0.2, 0.25) is 5.75 Å². The molecule has 1 aromatic rings. The fraction of sp³-hybridized carbons (Fsp3) is 0.385. The van der Waals surface area contributed by atoms with Crippen LogP contribution in [0.1, 0.15) is 10.4 Å². The largest absolute Gasteiger partial charge is 0.493 e. The minimum Gasteiger partial charge on any atom is -0.493 e. The number of nitrogens with one attached hydrogen (secondary N) is 1. The lowest BCUT2D eigenvalue weighted by Crippen LogP contribution is -2.20. The van der Waals surface area contributed by atoms with E-state index in [1.807, 2.05) is 0 Å². The molecule has 0 saturated heterocycles. The standard InChI is InChI=1S/C13H19N3O4/c1-16(2)8-14-15-13(17)9-6-10(18-3)12(20-5)11(7-9)19-4/h6-8H,1-5H3,(H,15,17)/b14-8+. The predicted octanol–water partition coefficient (Wildman–Crippen LogP) is 0.947. The normalized spacial score (nSPS) is 10.2. The number of ether oxygens (including phenoxy) is 3. The molecule has 0 saturated carbocycles. The summed E-state index contributed by atoms with van der Waals surface area (Å²) in [6, 6.07) is 3.11. The Morgan fingerprint density at radius 3 is 2.10 bits per heavy atom. The Morgan fingerprint density at radius 2 is 1.70 bits per heavy atom. The van der Waals surface area contributed by atoms with Gasteiger partial charge in [-0.25, -0.2) is 5.43 Å². The molecule has 0 aliphatic rings. The Labute approximate surface area is 118 Å². The molecule has 1 rings (SSSR count). The van der Waals surface area contributed by atoms with E-state index in [0.717, 1.165) is 0 Å². The maximum absolute atomic E-state index is 12.0. The van der Waals surface area contributed by atoms with Crippen LogP contribution < -0.4 is 19.6 Å². The van der Waals surface area contributed by atoms with Crippen LogP contribution in [0.15, 0.2) is 17.2 Å². The third-order valence-corrected chi connectivity index (χ3v) is 2.38. The molecular weight excluding hydrogens is 262 g/mol. The van der Waals surface area contributed by atoms with Crippen LogP contribution in [0.5, 0.6) is 17.2 Å². The van der Waals surface area contributed by atoms with Crippen LogP contribution in [-0.4, -0.2) is 52.6 Å². The summed E-state index contributed by atoms with van der Waals surface area (Å²) in [6.07, 6.45) is 1.48. The van der Waals surface area contributed by atoms with E-state index in [4.69, 9.17) is 14.2 Å². The first-order valence-electron chi connectivity index (χ1n) is 5.83. The molecule has 0 heterocycles. The quantitative estimate of drug-likeness (QED) is 0.477. The lowest BCUT2D eigenvalue weighted by molar-refractivity contribution is 0.0954. The lowest BCUT2D eigenvalue weighted by atomic mass is 10.1. The van der Waals surface area contributed by atoms with Gasteiger partial charge >= 0.3 is 0 Å². The summed E-state index contributed by atoms with van der Waals surface area (Å²) < 4.78 is 15.5. The number of carbonyl (C=O) groups excluding carboxylic acids is 1. The molecule has 0 atom stereocenters. The first-order valence-corrected chi connectivity index (χ1v) is 5.83. The minimum atomic E-state index is -0.373. The topological polar surface area (TPSA) is 72.4 Å². The highest BCUT2D eigenvalue weighted by molar-refractivity contribution is 5.95. The van der Waals surface area contributed by atoms with E-state index in [0.29, 0.717) is 22.8 Å². The number of carbonyl (C=O) groups is 1. The van der Waals surface area contributed by atoms with Gasteiger partial charge in [0.05, 0.1) is 21.3 Å². The highest BCUT2D eigenvalue weighted by Crippen LogP contribution is 2.38. The van der Waals surface area contributed by atoms with Crippen molar-refractivity contribution in [3.05, 3.63) is 17.7 Å². The zero-order chi connectivity index (χ0) is 15.1. The Bertz CT molecular complexity index is 475. The fourth-order valence-electron chi connectivity index (χ4n) is 1.48. The Morgan fingerprint density at radius 1 is 1.15 bits per heavy atom. The Hall–Kier alpha value is -2.44. The monoisotopic (exact) mass is 281 g/mol. The molecule has 110 valence electrons. The number of amides is 1. The molecule has 0 fully saturated rings. The zero-order valence-electron chi connectivity index (χ0n) is 12.3. The van der Waals surface area contributed by atoms with Crippen LogP contribution in [0.25, 0.3) is 0 Å².